The molecular weight excluding hydrogens is 306 g/mol. The van der Waals surface area contributed by atoms with Gasteiger partial charge in [0.25, 0.3) is 0 Å². The van der Waals surface area contributed by atoms with E-state index in [4.69, 9.17) is 5.11 Å². The average Bonchev–Trinajstić information content (AvgIpc) is 2.76. The minimum Gasteiger partial charge on any atom is -0.481 e. The van der Waals surface area contributed by atoms with E-state index in [9.17, 15) is 9.59 Å². The van der Waals surface area contributed by atoms with Gasteiger partial charge in [-0.2, -0.15) is 4.37 Å². The molecule has 2 rings (SSSR count). The molecule has 0 unspecified atom stereocenters. The monoisotopic (exact) mass is 327 g/mol. The summed E-state index contributed by atoms with van der Waals surface area (Å²) in [5.74, 6) is -0.0655. The molecule has 0 aromatic carbocycles. The van der Waals surface area contributed by atoms with E-state index in [1.165, 1.54) is 11.5 Å². The molecule has 2 amide bonds. The van der Waals surface area contributed by atoms with Crippen LogP contribution < -0.4 is 10.2 Å². The summed E-state index contributed by atoms with van der Waals surface area (Å²) in [7, 11) is 0. The molecular formula is C13H21N5O3S. The van der Waals surface area contributed by atoms with Gasteiger partial charge in [0, 0.05) is 50.7 Å². The van der Waals surface area contributed by atoms with E-state index < -0.39 is 5.97 Å². The van der Waals surface area contributed by atoms with Gasteiger partial charge in [0.1, 0.15) is 5.82 Å². The SMILES string of the molecule is Cc1nsc(N2CCCN(C(=O)NCCCC(=O)O)CC2)n1. The van der Waals surface area contributed by atoms with E-state index in [-0.39, 0.29) is 12.5 Å². The van der Waals surface area contributed by atoms with Gasteiger partial charge >= 0.3 is 12.0 Å². The first-order chi connectivity index (χ1) is 10.6. The lowest BCUT2D eigenvalue weighted by Crippen LogP contribution is -2.42. The number of rotatable bonds is 5. The topological polar surface area (TPSA) is 98.7 Å². The second-order valence-corrected chi connectivity index (χ2v) is 5.91. The molecule has 122 valence electrons. The summed E-state index contributed by atoms with van der Waals surface area (Å²) in [5.41, 5.74) is 0. The maximum atomic E-state index is 12.1. The zero-order valence-electron chi connectivity index (χ0n) is 12.6. The fourth-order valence-electron chi connectivity index (χ4n) is 2.27. The van der Waals surface area contributed by atoms with Crippen LogP contribution >= 0.6 is 11.5 Å². The van der Waals surface area contributed by atoms with Crippen LogP contribution in [-0.2, 0) is 4.79 Å². The molecule has 0 spiro atoms. The lowest BCUT2D eigenvalue weighted by Gasteiger charge is -2.21. The van der Waals surface area contributed by atoms with Crippen LogP contribution in [0.5, 0.6) is 0 Å². The van der Waals surface area contributed by atoms with E-state index in [2.05, 4.69) is 19.6 Å². The minimum atomic E-state index is -0.841. The third-order valence-electron chi connectivity index (χ3n) is 3.41. The Morgan fingerprint density at radius 2 is 2.14 bits per heavy atom. The van der Waals surface area contributed by atoms with Crippen LogP contribution in [0.1, 0.15) is 25.1 Å². The predicted molar refractivity (Wildman–Crippen MR) is 83.3 cm³/mol. The Balaban J connectivity index is 1.77. The molecule has 1 aromatic rings. The van der Waals surface area contributed by atoms with Gasteiger partial charge in [-0.1, -0.05) is 0 Å². The van der Waals surface area contributed by atoms with Gasteiger partial charge in [-0.3, -0.25) is 4.79 Å². The van der Waals surface area contributed by atoms with E-state index in [1.54, 1.807) is 4.90 Å². The molecule has 2 N–H and O–H groups in total. The third-order valence-corrected chi connectivity index (χ3v) is 4.28. The van der Waals surface area contributed by atoms with Crippen molar-refractivity contribution >= 4 is 28.7 Å². The normalized spacial score (nSPS) is 15.5. The van der Waals surface area contributed by atoms with Gasteiger partial charge in [0.2, 0.25) is 5.13 Å². The van der Waals surface area contributed by atoms with E-state index in [0.29, 0.717) is 26.1 Å². The molecule has 2 heterocycles. The van der Waals surface area contributed by atoms with Crippen LogP contribution in [0.2, 0.25) is 0 Å². The summed E-state index contributed by atoms with van der Waals surface area (Å²) in [6.07, 6.45) is 1.40. The summed E-state index contributed by atoms with van der Waals surface area (Å²) >= 11 is 1.38. The van der Waals surface area contributed by atoms with Crippen LogP contribution in [0, 0.1) is 6.92 Å². The highest BCUT2D eigenvalue weighted by Crippen LogP contribution is 2.18. The lowest BCUT2D eigenvalue weighted by molar-refractivity contribution is -0.137. The molecule has 8 nitrogen and oxygen atoms in total. The van der Waals surface area contributed by atoms with Crippen molar-refractivity contribution < 1.29 is 14.7 Å². The van der Waals surface area contributed by atoms with Crippen molar-refractivity contribution in [2.75, 3.05) is 37.6 Å². The molecule has 1 saturated heterocycles. The average molecular weight is 327 g/mol. The minimum absolute atomic E-state index is 0.0739. The number of hydrogen-bond donors (Lipinski definition) is 2. The van der Waals surface area contributed by atoms with Crippen LogP contribution in [0.4, 0.5) is 9.93 Å². The van der Waals surface area contributed by atoms with E-state index >= 15 is 0 Å². The standard InChI is InChI=1S/C13H21N5O3S/c1-10-15-13(22-16-10)18-7-3-6-17(8-9-18)12(21)14-5-2-4-11(19)20/h2-9H2,1H3,(H,14,21)(H,19,20). The van der Waals surface area contributed by atoms with Crippen molar-refractivity contribution in [3.63, 3.8) is 0 Å². The maximum Gasteiger partial charge on any atom is 0.317 e. The molecule has 9 heteroatoms. The van der Waals surface area contributed by atoms with Gasteiger partial charge in [-0.15, -0.1) is 0 Å². The molecule has 0 atom stereocenters. The molecule has 1 aromatic heterocycles. The molecule has 0 bridgehead atoms. The molecule has 22 heavy (non-hydrogen) atoms. The van der Waals surface area contributed by atoms with Gasteiger partial charge in [0.05, 0.1) is 0 Å². The molecule has 0 aliphatic carbocycles. The zero-order valence-corrected chi connectivity index (χ0v) is 13.4. The number of urea groups is 1. The van der Waals surface area contributed by atoms with Crippen molar-refractivity contribution in [1.82, 2.24) is 19.6 Å². The number of nitrogens with one attached hydrogen (secondary N) is 1. The largest absolute Gasteiger partial charge is 0.481 e. The first kappa shape index (κ1) is 16.5. The molecule has 0 radical (unpaired) electrons. The third kappa shape index (κ3) is 4.83. The summed E-state index contributed by atoms with van der Waals surface area (Å²) in [5, 5.41) is 12.2. The second-order valence-electron chi connectivity index (χ2n) is 5.18. The number of carbonyl (C=O) groups is 2. The van der Waals surface area contributed by atoms with Crippen molar-refractivity contribution in [2.24, 2.45) is 0 Å². The van der Waals surface area contributed by atoms with Crippen molar-refractivity contribution in [3.05, 3.63) is 5.82 Å². The van der Waals surface area contributed by atoms with Crippen molar-refractivity contribution in [1.29, 1.82) is 0 Å². The van der Waals surface area contributed by atoms with Crippen LogP contribution in [0.25, 0.3) is 0 Å². The van der Waals surface area contributed by atoms with Crippen LogP contribution in [-0.4, -0.2) is 64.1 Å². The second kappa shape index (κ2) is 7.92. The Labute approximate surface area is 133 Å². The Bertz CT molecular complexity index is 522. The summed E-state index contributed by atoms with van der Waals surface area (Å²) in [4.78, 5) is 30.8. The molecule has 0 saturated carbocycles. The fraction of sp³-hybridized carbons (Fsp3) is 0.692. The lowest BCUT2D eigenvalue weighted by atomic mass is 10.3. The van der Waals surface area contributed by atoms with Gasteiger partial charge < -0.3 is 20.2 Å². The number of aromatic nitrogens is 2. The summed E-state index contributed by atoms with van der Waals surface area (Å²) in [6.45, 7) is 5.17. The predicted octanol–water partition coefficient (Wildman–Crippen LogP) is 0.933. The smallest absolute Gasteiger partial charge is 0.317 e. The number of nitrogens with zero attached hydrogens (tertiary/aromatic N) is 4. The highest BCUT2D eigenvalue weighted by molar-refractivity contribution is 7.09. The number of carboxylic acid groups (broad SMARTS) is 1. The van der Waals surface area contributed by atoms with E-state index in [0.717, 1.165) is 30.5 Å². The Morgan fingerprint density at radius 1 is 1.32 bits per heavy atom. The molecule has 1 fully saturated rings. The van der Waals surface area contributed by atoms with Gasteiger partial charge in [0.15, 0.2) is 0 Å². The first-order valence-corrected chi connectivity index (χ1v) is 8.13. The highest BCUT2D eigenvalue weighted by Gasteiger charge is 2.20. The Hall–Kier alpha value is -1.90. The molecule has 1 aliphatic rings. The van der Waals surface area contributed by atoms with E-state index in [1.807, 2.05) is 6.92 Å². The first-order valence-electron chi connectivity index (χ1n) is 7.36. The number of carboxylic acids is 1. The van der Waals surface area contributed by atoms with Crippen molar-refractivity contribution in [3.8, 4) is 0 Å². The number of anilines is 1. The van der Waals surface area contributed by atoms with Crippen molar-refractivity contribution in [2.45, 2.75) is 26.2 Å². The van der Waals surface area contributed by atoms with Crippen LogP contribution in [0.15, 0.2) is 0 Å². The van der Waals surface area contributed by atoms with Gasteiger partial charge in [-0.25, -0.2) is 9.78 Å². The Kier molecular flexibility index (Phi) is 5.93. The number of carbonyl (C=O) groups excluding carboxylic acids is 1. The summed E-state index contributed by atoms with van der Waals surface area (Å²) in [6, 6.07) is -0.124. The zero-order chi connectivity index (χ0) is 15.9. The molecule has 1 aliphatic heterocycles. The van der Waals surface area contributed by atoms with Crippen LogP contribution in [0.3, 0.4) is 0 Å². The fourth-order valence-corrected chi connectivity index (χ4v) is 3.00. The summed E-state index contributed by atoms with van der Waals surface area (Å²) < 4.78 is 4.19. The number of hydrogen-bond acceptors (Lipinski definition) is 6. The quantitative estimate of drug-likeness (QED) is 0.781. The highest BCUT2D eigenvalue weighted by atomic mass is 32.1. The van der Waals surface area contributed by atoms with Gasteiger partial charge in [-0.05, 0) is 19.8 Å². The Morgan fingerprint density at radius 3 is 2.82 bits per heavy atom. The number of aliphatic carboxylic acids is 1. The number of aryl methyl sites for hydroxylation is 1. The number of amides is 2. The maximum absolute atomic E-state index is 12.1.